The van der Waals surface area contributed by atoms with Crippen LogP contribution in [0.5, 0.6) is 0 Å². The number of carboxylic acids is 1. The Hall–Kier alpha value is -2.98. The number of hydrogen-bond donors (Lipinski definition) is 3. The summed E-state index contributed by atoms with van der Waals surface area (Å²) in [4.78, 5) is 11.8. The van der Waals surface area contributed by atoms with Gasteiger partial charge in [0, 0.05) is 17.7 Å². The molecule has 1 aliphatic rings. The molecule has 2 aromatic carbocycles. The topological polar surface area (TPSA) is 85.2 Å². The lowest BCUT2D eigenvalue weighted by Gasteiger charge is -2.17. The van der Waals surface area contributed by atoms with Gasteiger partial charge < -0.3 is 15.7 Å². The number of hydrogen-bond acceptors (Lipinski definition) is 5. The Bertz CT molecular complexity index is 989. The van der Waals surface area contributed by atoms with E-state index in [-0.39, 0.29) is 12.1 Å². The monoisotopic (exact) mass is 397 g/mol. The molecule has 0 aliphatic carbocycles. The molecule has 0 bridgehead atoms. The molecule has 0 spiro atoms. The highest BCUT2D eigenvalue weighted by Crippen LogP contribution is 2.46. The molecule has 0 fully saturated rings. The molecule has 28 heavy (non-hydrogen) atoms. The number of aliphatic carboxylic acids is 1. The third kappa shape index (κ3) is 3.82. The van der Waals surface area contributed by atoms with E-state index in [1.165, 1.54) is 25.6 Å². The summed E-state index contributed by atoms with van der Waals surface area (Å²) < 4.78 is 14.2. The summed E-state index contributed by atoms with van der Waals surface area (Å²) in [6.45, 7) is 6.56. The fraction of sp³-hybridized carbons (Fsp3) is 0.238. The minimum atomic E-state index is -1.43. The molecule has 2 aromatic rings. The average molecular weight is 397 g/mol. The highest BCUT2D eigenvalue weighted by molar-refractivity contribution is 8.00. The molecule has 3 N–H and O–H groups in total. The van der Waals surface area contributed by atoms with Gasteiger partial charge in [-0.3, -0.25) is 0 Å². The van der Waals surface area contributed by atoms with Gasteiger partial charge in [0.15, 0.2) is 0 Å². The van der Waals surface area contributed by atoms with E-state index in [9.17, 15) is 14.4 Å². The van der Waals surface area contributed by atoms with Crippen LogP contribution in [0.3, 0.4) is 0 Å². The van der Waals surface area contributed by atoms with Gasteiger partial charge in [-0.2, -0.15) is 5.26 Å². The van der Waals surface area contributed by atoms with Crippen molar-refractivity contribution in [3.63, 3.8) is 0 Å². The zero-order valence-electron chi connectivity index (χ0n) is 15.6. The number of carbonyl (C=O) groups is 1. The van der Waals surface area contributed by atoms with E-state index in [1.807, 2.05) is 18.2 Å². The minimum Gasteiger partial charge on any atom is -0.478 e. The number of rotatable bonds is 6. The lowest BCUT2D eigenvalue weighted by molar-refractivity contribution is -0.132. The number of benzene rings is 2. The standard InChI is InChI=1S/C21H20FN3O2S/c1-12(20(26)27)10-24-17-8-15(18-19(16(17)9-23)28-11-25-18)13-4-6-14(7-5-13)21(2,3)22/h4-8,24-25H,1,10-11H2,2-3H3,(H,26,27). The van der Waals surface area contributed by atoms with Crippen molar-refractivity contribution in [3.05, 3.63) is 53.6 Å². The molecule has 0 radical (unpaired) electrons. The van der Waals surface area contributed by atoms with Crippen LogP contribution < -0.4 is 10.6 Å². The number of nitrogens with one attached hydrogen (secondary N) is 2. The third-order valence-corrected chi connectivity index (χ3v) is 5.52. The predicted octanol–water partition coefficient (Wildman–Crippen LogP) is 4.96. The van der Waals surface area contributed by atoms with Crippen LogP contribution in [-0.2, 0) is 10.5 Å². The maximum Gasteiger partial charge on any atom is 0.332 e. The van der Waals surface area contributed by atoms with Crippen molar-refractivity contribution in [2.75, 3.05) is 23.1 Å². The third-order valence-electron chi connectivity index (χ3n) is 4.54. The van der Waals surface area contributed by atoms with Gasteiger partial charge in [0.05, 0.1) is 27.7 Å². The summed E-state index contributed by atoms with van der Waals surface area (Å²) in [5.74, 6) is -0.453. The largest absolute Gasteiger partial charge is 0.478 e. The number of nitriles is 1. The number of carboxylic acid groups (broad SMARTS) is 1. The quantitative estimate of drug-likeness (QED) is 0.598. The predicted molar refractivity (Wildman–Crippen MR) is 110 cm³/mol. The molecular weight excluding hydrogens is 377 g/mol. The van der Waals surface area contributed by atoms with Crippen molar-refractivity contribution < 1.29 is 14.3 Å². The SMILES string of the molecule is C=C(CNc1cc(-c2ccc(C(C)(C)F)cc2)c2c(c1C#N)SCN2)C(=O)O. The molecule has 1 aliphatic heterocycles. The second kappa shape index (κ2) is 7.56. The normalized spacial score (nSPS) is 12.6. The summed E-state index contributed by atoms with van der Waals surface area (Å²) in [6.07, 6.45) is 0. The first kappa shape index (κ1) is 19.8. The number of alkyl halides is 1. The summed E-state index contributed by atoms with van der Waals surface area (Å²) in [5.41, 5.74) is 2.78. The van der Waals surface area contributed by atoms with Gasteiger partial charge >= 0.3 is 5.97 Å². The second-order valence-electron chi connectivity index (χ2n) is 6.94. The Labute approximate surface area is 167 Å². The van der Waals surface area contributed by atoms with E-state index in [0.29, 0.717) is 22.7 Å². The molecule has 3 rings (SSSR count). The Kier molecular flexibility index (Phi) is 5.34. The van der Waals surface area contributed by atoms with Gasteiger partial charge in [-0.1, -0.05) is 30.8 Å². The lowest BCUT2D eigenvalue weighted by atomic mass is 9.95. The maximum absolute atomic E-state index is 14.2. The number of thioether (sulfide) groups is 1. The minimum absolute atomic E-state index is 0.00578. The zero-order chi connectivity index (χ0) is 20.5. The molecule has 0 saturated heterocycles. The van der Waals surface area contributed by atoms with Crippen molar-refractivity contribution in [1.82, 2.24) is 0 Å². The van der Waals surface area contributed by atoms with Crippen LogP contribution in [-0.4, -0.2) is 23.5 Å². The van der Waals surface area contributed by atoms with Gasteiger partial charge in [-0.15, -0.1) is 11.8 Å². The van der Waals surface area contributed by atoms with E-state index < -0.39 is 11.6 Å². The van der Waals surface area contributed by atoms with Gasteiger partial charge in [-0.05, 0) is 31.0 Å². The molecule has 0 amide bonds. The van der Waals surface area contributed by atoms with E-state index in [0.717, 1.165) is 21.7 Å². The molecular formula is C21H20FN3O2S. The van der Waals surface area contributed by atoms with Crippen LogP contribution in [0.25, 0.3) is 11.1 Å². The maximum atomic E-state index is 14.2. The molecule has 5 nitrogen and oxygen atoms in total. The average Bonchev–Trinajstić information content (AvgIpc) is 3.14. The fourth-order valence-corrected chi connectivity index (χ4v) is 3.95. The van der Waals surface area contributed by atoms with Gasteiger partial charge in [0.2, 0.25) is 0 Å². The van der Waals surface area contributed by atoms with E-state index in [2.05, 4.69) is 23.3 Å². The second-order valence-corrected chi connectivity index (χ2v) is 7.93. The first-order valence-corrected chi connectivity index (χ1v) is 9.63. The molecule has 0 atom stereocenters. The van der Waals surface area contributed by atoms with Crippen LogP contribution in [0, 0.1) is 11.3 Å². The van der Waals surface area contributed by atoms with Crippen molar-refractivity contribution in [2.24, 2.45) is 0 Å². The zero-order valence-corrected chi connectivity index (χ0v) is 16.4. The van der Waals surface area contributed by atoms with Gasteiger partial charge in [0.1, 0.15) is 11.7 Å². The van der Waals surface area contributed by atoms with Crippen LogP contribution in [0.2, 0.25) is 0 Å². The number of anilines is 2. The molecule has 1 heterocycles. The first-order valence-electron chi connectivity index (χ1n) is 8.65. The Morgan fingerprint density at radius 2 is 2.11 bits per heavy atom. The lowest BCUT2D eigenvalue weighted by Crippen LogP contribution is -2.12. The fourth-order valence-electron chi connectivity index (χ4n) is 2.96. The van der Waals surface area contributed by atoms with Gasteiger partial charge in [-0.25, -0.2) is 9.18 Å². The van der Waals surface area contributed by atoms with Crippen molar-refractivity contribution >= 4 is 29.1 Å². The highest BCUT2D eigenvalue weighted by atomic mass is 32.2. The van der Waals surface area contributed by atoms with E-state index in [1.54, 1.807) is 12.1 Å². The van der Waals surface area contributed by atoms with Gasteiger partial charge in [0.25, 0.3) is 0 Å². The van der Waals surface area contributed by atoms with Crippen LogP contribution in [0.4, 0.5) is 15.8 Å². The van der Waals surface area contributed by atoms with Crippen LogP contribution in [0.15, 0.2) is 47.4 Å². The molecule has 0 unspecified atom stereocenters. The van der Waals surface area contributed by atoms with E-state index >= 15 is 0 Å². The first-order chi connectivity index (χ1) is 13.2. The summed E-state index contributed by atoms with van der Waals surface area (Å²) in [7, 11) is 0. The van der Waals surface area contributed by atoms with Crippen molar-refractivity contribution in [2.45, 2.75) is 24.4 Å². The van der Waals surface area contributed by atoms with E-state index in [4.69, 9.17) is 5.11 Å². The molecule has 0 aromatic heterocycles. The molecule has 0 saturated carbocycles. The molecule has 7 heteroatoms. The Morgan fingerprint density at radius 1 is 1.43 bits per heavy atom. The Morgan fingerprint density at radius 3 is 2.68 bits per heavy atom. The van der Waals surface area contributed by atoms with Crippen LogP contribution >= 0.6 is 11.8 Å². The van der Waals surface area contributed by atoms with Crippen molar-refractivity contribution in [1.29, 1.82) is 5.26 Å². The Balaban J connectivity index is 2.05. The number of nitrogens with zero attached hydrogens (tertiary/aromatic N) is 1. The summed E-state index contributed by atoms with van der Waals surface area (Å²) >= 11 is 1.52. The highest BCUT2D eigenvalue weighted by Gasteiger charge is 2.24. The summed E-state index contributed by atoms with van der Waals surface area (Å²) in [6, 6.07) is 11.2. The van der Waals surface area contributed by atoms with Crippen molar-refractivity contribution in [3.8, 4) is 17.2 Å². The molecule has 144 valence electrons. The van der Waals surface area contributed by atoms with Crippen LogP contribution in [0.1, 0.15) is 25.0 Å². The number of fused-ring (bicyclic) bond motifs is 1. The smallest absolute Gasteiger partial charge is 0.332 e. The summed E-state index contributed by atoms with van der Waals surface area (Å²) in [5, 5.41) is 25.0. The number of halogens is 1.